The Labute approximate surface area is 186 Å². The third kappa shape index (κ3) is 8.97. The van der Waals surface area contributed by atoms with Crippen molar-refractivity contribution in [1.82, 2.24) is 5.32 Å². The third-order valence-electron chi connectivity index (χ3n) is 5.38. The number of hydrogen-bond acceptors (Lipinski definition) is 7. The molecule has 1 saturated carbocycles. The highest BCUT2D eigenvalue weighted by atomic mass is 32.2. The summed E-state index contributed by atoms with van der Waals surface area (Å²) in [5.74, 6) is -0.0572. The van der Waals surface area contributed by atoms with Crippen molar-refractivity contribution in [1.29, 1.82) is 0 Å². The van der Waals surface area contributed by atoms with E-state index in [0.29, 0.717) is 18.6 Å². The van der Waals surface area contributed by atoms with E-state index in [0.717, 1.165) is 6.42 Å². The van der Waals surface area contributed by atoms with Crippen LogP contribution in [0.25, 0.3) is 0 Å². The molecule has 0 aromatic heterocycles. The van der Waals surface area contributed by atoms with Crippen molar-refractivity contribution in [3.8, 4) is 0 Å². The number of thioether (sulfide) groups is 1. The van der Waals surface area contributed by atoms with Gasteiger partial charge in [-0.1, -0.05) is 20.8 Å². The lowest BCUT2D eigenvalue weighted by Gasteiger charge is -2.41. The summed E-state index contributed by atoms with van der Waals surface area (Å²) in [6.07, 6.45) is 0.878. The quantitative estimate of drug-likeness (QED) is 0.446. The number of ketones is 1. The average molecular weight is 462 g/mol. The van der Waals surface area contributed by atoms with Gasteiger partial charge in [-0.25, -0.2) is 9.59 Å². The first-order valence-electron chi connectivity index (χ1n) is 10.4. The number of alkyl carbamates (subject to hydrolysis) is 1. The molecule has 0 aromatic rings. The topological polar surface area (TPSA) is 90.9 Å². The van der Waals surface area contributed by atoms with Gasteiger partial charge >= 0.3 is 12.1 Å². The van der Waals surface area contributed by atoms with Crippen LogP contribution in [0, 0.1) is 0 Å². The van der Waals surface area contributed by atoms with Gasteiger partial charge in [-0.3, -0.25) is 4.79 Å². The molecule has 0 spiro atoms. The molecule has 3 unspecified atom stereocenters. The fraction of sp³-hybridized carbons (Fsp3) is 0.857. The summed E-state index contributed by atoms with van der Waals surface area (Å²) < 4.78 is 16.5. The molecule has 1 aliphatic carbocycles. The fourth-order valence-corrected chi connectivity index (χ4v) is 5.56. The van der Waals surface area contributed by atoms with Crippen LogP contribution in [0.4, 0.5) is 4.79 Å². The van der Waals surface area contributed by atoms with Gasteiger partial charge in [0.1, 0.15) is 17.4 Å². The summed E-state index contributed by atoms with van der Waals surface area (Å²) in [6, 6.07) is -0.841. The number of rotatable bonds is 7. The number of esters is 1. The van der Waals surface area contributed by atoms with Crippen LogP contribution >= 0.6 is 11.8 Å². The molecule has 1 N–H and O–H groups in total. The number of nitrogens with one attached hydrogen (secondary N) is 1. The maximum atomic E-state index is 12.3. The molecule has 1 amide bonds. The molecule has 0 radical (unpaired) electrons. The van der Waals surface area contributed by atoms with Gasteiger partial charge in [0.2, 0.25) is 0 Å². The van der Waals surface area contributed by atoms with E-state index in [2.05, 4.69) is 39.2 Å². The van der Waals surface area contributed by atoms with Crippen LogP contribution in [-0.2, 0) is 23.5 Å². The monoisotopic (exact) mass is 461 g/mol. The Morgan fingerprint density at radius 2 is 1.77 bits per heavy atom. The molecule has 174 valence electrons. The predicted molar refractivity (Wildman–Crippen MR) is 122 cm³/mol. The average Bonchev–Trinajstić information content (AvgIpc) is 2.54. The Hall–Kier alpha value is -1.06. The largest absolute Gasteiger partial charge is 0.467 e. The number of ether oxygens (including phenoxy) is 2. The molecule has 9 heteroatoms. The fourth-order valence-electron chi connectivity index (χ4n) is 2.85. The van der Waals surface area contributed by atoms with E-state index in [4.69, 9.17) is 13.9 Å². The lowest BCUT2D eigenvalue weighted by atomic mass is 9.96. The Morgan fingerprint density at radius 1 is 1.17 bits per heavy atom. The summed E-state index contributed by atoms with van der Waals surface area (Å²) in [4.78, 5) is 36.5. The van der Waals surface area contributed by atoms with Crippen molar-refractivity contribution in [3.63, 3.8) is 0 Å². The van der Waals surface area contributed by atoms with E-state index in [1.165, 1.54) is 18.9 Å². The van der Waals surface area contributed by atoms with E-state index in [1.54, 1.807) is 20.8 Å². The minimum absolute atomic E-state index is 0.0358. The van der Waals surface area contributed by atoms with Crippen molar-refractivity contribution in [2.24, 2.45) is 0 Å². The molecule has 1 rings (SSSR count). The van der Waals surface area contributed by atoms with Crippen LogP contribution in [0.5, 0.6) is 0 Å². The number of hydrogen-bond donors (Lipinski definition) is 1. The molecule has 7 nitrogen and oxygen atoms in total. The van der Waals surface area contributed by atoms with Crippen molar-refractivity contribution >= 4 is 37.9 Å². The van der Waals surface area contributed by atoms with Crippen LogP contribution in [0.15, 0.2) is 0 Å². The van der Waals surface area contributed by atoms with Gasteiger partial charge in [0, 0.05) is 23.8 Å². The van der Waals surface area contributed by atoms with Crippen molar-refractivity contribution in [2.75, 3.05) is 12.9 Å². The van der Waals surface area contributed by atoms with E-state index < -0.39 is 32.0 Å². The normalized spacial score (nSPS) is 21.7. The molecule has 30 heavy (non-hydrogen) atoms. The maximum Gasteiger partial charge on any atom is 0.408 e. The number of carbonyl (C=O) groups is 3. The highest BCUT2D eigenvalue weighted by Gasteiger charge is 2.41. The summed E-state index contributed by atoms with van der Waals surface area (Å²) in [6.45, 7) is 16.2. The molecular formula is C21H39NO6SSi. The van der Waals surface area contributed by atoms with Crippen LogP contribution in [0.2, 0.25) is 18.1 Å². The van der Waals surface area contributed by atoms with E-state index in [9.17, 15) is 14.4 Å². The van der Waals surface area contributed by atoms with Crippen molar-refractivity contribution in [2.45, 2.75) is 102 Å². The van der Waals surface area contributed by atoms with Gasteiger partial charge in [-0.15, -0.1) is 0 Å². The molecule has 1 fully saturated rings. The Kier molecular flexibility index (Phi) is 9.44. The molecule has 0 heterocycles. The first-order valence-corrected chi connectivity index (χ1v) is 14.4. The van der Waals surface area contributed by atoms with Crippen molar-refractivity contribution < 1.29 is 28.3 Å². The van der Waals surface area contributed by atoms with Crippen LogP contribution < -0.4 is 5.32 Å². The second kappa shape index (κ2) is 10.5. The first-order chi connectivity index (χ1) is 13.5. The number of carbonyl (C=O) groups excluding carboxylic acids is 3. The Morgan fingerprint density at radius 3 is 2.27 bits per heavy atom. The van der Waals surface area contributed by atoms with Gasteiger partial charge < -0.3 is 19.2 Å². The van der Waals surface area contributed by atoms with Gasteiger partial charge in [0.15, 0.2) is 8.32 Å². The summed E-state index contributed by atoms with van der Waals surface area (Å²) >= 11 is 1.49. The minimum atomic E-state index is -1.97. The maximum absolute atomic E-state index is 12.3. The first kappa shape index (κ1) is 27.0. The van der Waals surface area contributed by atoms with Crippen LogP contribution in [0.3, 0.4) is 0 Å². The standard InChI is InChI=1S/C21H39NO6SSi/c1-20(2,3)27-19(25)22-17(18(24)26-7)13-29-16-11-14(23)10-15(12-16)28-30(8,9)21(4,5)6/h15-17H,10-13H2,1-9H3,(H,22,25). The second-order valence-corrected chi connectivity index (χ2v) is 16.4. The summed E-state index contributed by atoms with van der Waals surface area (Å²) in [5, 5.41) is 2.69. The zero-order valence-electron chi connectivity index (χ0n) is 19.9. The summed E-state index contributed by atoms with van der Waals surface area (Å²) in [7, 11) is -0.692. The molecule has 1 aliphatic rings. The van der Waals surface area contributed by atoms with E-state index in [-0.39, 0.29) is 22.2 Å². The van der Waals surface area contributed by atoms with Gasteiger partial charge in [-0.2, -0.15) is 11.8 Å². The smallest absolute Gasteiger partial charge is 0.408 e. The Bertz CT molecular complexity index is 626. The summed E-state index contributed by atoms with van der Waals surface area (Å²) in [5.41, 5.74) is -0.665. The molecule has 0 aliphatic heterocycles. The molecule has 0 saturated heterocycles. The SMILES string of the molecule is COC(=O)C(CSC1CC(=O)CC(O[Si](C)(C)C(C)(C)C)C1)NC(=O)OC(C)(C)C. The Balaban J connectivity index is 2.72. The lowest BCUT2D eigenvalue weighted by molar-refractivity contribution is -0.142. The molecule has 0 bridgehead atoms. The number of methoxy groups -OCH3 is 1. The third-order valence-corrected chi connectivity index (χ3v) is 11.3. The minimum Gasteiger partial charge on any atom is -0.467 e. The highest BCUT2D eigenvalue weighted by molar-refractivity contribution is 8.00. The molecule has 0 aromatic carbocycles. The van der Waals surface area contributed by atoms with Crippen LogP contribution in [0.1, 0.15) is 60.8 Å². The van der Waals surface area contributed by atoms with E-state index >= 15 is 0 Å². The van der Waals surface area contributed by atoms with Gasteiger partial charge in [0.25, 0.3) is 0 Å². The van der Waals surface area contributed by atoms with Gasteiger partial charge in [-0.05, 0) is 45.3 Å². The highest BCUT2D eigenvalue weighted by Crippen LogP contribution is 2.40. The zero-order valence-corrected chi connectivity index (χ0v) is 21.7. The van der Waals surface area contributed by atoms with E-state index in [1.807, 2.05) is 0 Å². The van der Waals surface area contributed by atoms with Crippen molar-refractivity contribution in [3.05, 3.63) is 0 Å². The lowest BCUT2D eigenvalue weighted by Crippen LogP contribution is -2.47. The number of Topliss-reactive ketones (excluding diaryl/α,β-unsaturated/α-hetero) is 1. The predicted octanol–water partition coefficient (Wildman–Crippen LogP) is 4.30. The van der Waals surface area contributed by atoms with Crippen LogP contribution in [-0.4, -0.2) is 62.0 Å². The van der Waals surface area contributed by atoms with Gasteiger partial charge in [0.05, 0.1) is 13.2 Å². The molecular weight excluding hydrogens is 422 g/mol. The zero-order chi connectivity index (χ0) is 23.3. The molecule has 3 atom stereocenters. The second-order valence-electron chi connectivity index (χ2n) is 10.4. The number of amides is 1.